The highest BCUT2D eigenvalue weighted by molar-refractivity contribution is 7.16. The van der Waals surface area contributed by atoms with Crippen LogP contribution in [0.5, 0.6) is 5.75 Å². The lowest BCUT2D eigenvalue weighted by molar-refractivity contribution is 0.0986. The quantitative estimate of drug-likeness (QED) is 0.361. The van der Waals surface area contributed by atoms with E-state index in [0.717, 1.165) is 5.56 Å². The molecule has 0 saturated heterocycles. The van der Waals surface area contributed by atoms with Gasteiger partial charge in [0.05, 0.1) is 17.1 Å². The van der Waals surface area contributed by atoms with Crippen molar-refractivity contribution in [1.29, 1.82) is 0 Å². The van der Waals surface area contributed by atoms with Crippen molar-refractivity contribution in [3.63, 3.8) is 0 Å². The molecule has 0 unspecified atom stereocenters. The second-order valence-corrected chi connectivity index (χ2v) is 7.98. The van der Waals surface area contributed by atoms with Crippen molar-refractivity contribution >= 4 is 17.1 Å². The maximum absolute atomic E-state index is 12.9. The van der Waals surface area contributed by atoms with Crippen LogP contribution in [0.2, 0.25) is 0 Å². The smallest absolute Gasteiger partial charge is 0.352 e. The number of hydrogen-bond acceptors (Lipinski definition) is 7. The van der Waals surface area contributed by atoms with Crippen LogP contribution >= 0.6 is 11.3 Å². The first-order valence-corrected chi connectivity index (χ1v) is 10.8. The lowest BCUT2D eigenvalue weighted by atomic mass is 10.1. The first kappa shape index (κ1) is 21.6. The summed E-state index contributed by atoms with van der Waals surface area (Å²) in [4.78, 5) is 34.3. The van der Waals surface area contributed by atoms with Crippen molar-refractivity contribution in [1.82, 2.24) is 24.3 Å². The highest BCUT2D eigenvalue weighted by Crippen LogP contribution is 2.22. The number of aryl methyl sites for hydroxylation is 2. The van der Waals surface area contributed by atoms with Crippen LogP contribution < -0.4 is 10.4 Å². The van der Waals surface area contributed by atoms with Crippen molar-refractivity contribution < 1.29 is 13.9 Å². The highest BCUT2D eigenvalue weighted by atomic mass is 32.1. The van der Waals surface area contributed by atoms with Crippen molar-refractivity contribution in [2.45, 2.75) is 26.3 Å². The summed E-state index contributed by atoms with van der Waals surface area (Å²) in [5.41, 5.74) is 1.19. The summed E-state index contributed by atoms with van der Waals surface area (Å²) >= 11 is 1.17. The third-order valence-electron chi connectivity index (χ3n) is 4.73. The molecule has 32 heavy (non-hydrogen) atoms. The first-order chi connectivity index (χ1) is 15.5. The zero-order chi connectivity index (χ0) is 22.5. The Hall–Kier alpha value is -3.66. The number of hydrogen-bond donors (Lipinski definition) is 0. The lowest BCUT2D eigenvalue weighted by Gasteiger charge is -2.05. The van der Waals surface area contributed by atoms with Crippen LogP contribution in [0.4, 0.5) is 4.39 Å². The van der Waals surface area contributed by atoms with Gasteiger partial charge in [0.2, 0.25) is 0 Å². The molecule has 0 radical (unpaired) electrons. The normalized spacial score (nSPS) is 10.9. The summed E-state index contributed by atoms with van der Waals surface area (Å²) < 4.78 is 21.0. The van der Waals surface area contributed by atoms with E-state index in [1.165, 1.54) is 51.2 Å². The van der Waals surface area contributed by atoms with Crippen molar-refractivity contribution in [3.05, 3.63) is 87.6 Å². The number of pyridine rings is 1. The third kappa shape index (κ3) is 4.97. The van der Waals surface area contributed by atoms with Crippen LogP contribution in [-0.2, 0) is 13.0 Å². The fraction of sp³-hybridized carbons (Fsp3) is 0.227. The van der Waals surface area contributed by atoms with Crippen LogP contribution in [0.25, 0.3) is 5.13 Å². The highest BCUT2D eigenvalue weighted by Gasteiger charge is 2.18. The summed E-state index contributed by atoms with van der Waals surface area (Å²) in [5.74, 6) is 0.132. The third-order valence-corrected chi connectivity index (χ3v) is 5.92. The van der Waals surface area contributed by atoms with E-state index in [4.69, 9.17) is 4.74 Å². The largest absolute Gasteiger partial charge is 0.492 e. The maximum atomic E-state index is 12.9. The molecule has 8 nitrogen and oxygen atoms in total. The fourth-order valence-electron chi connectivity index (χ4n) is 3.06. The molecule has 0 N–H and O–H groups in total. The van der Waals surface area contributed by atoms with Gasteiger partial charge in [-0.25, -0.2) is 23.4 Å². The molecule has 0 fully saturated rings. The van der Waals surface area contributed by atoms with Crippen LogP contribution in [0.1, 0.15) is 27.3 Å². The van der Waals surface area contributed by atoms with Gasteiger partial charge in [-0.2, -0.15) is 5.10 Å². The number of carbonyl (C=O) groups excluding carboxylic acids is 1. The molecule has 0 spiro atoms. The molecule has 0 aliphatic carbocycles. The lowest BCUT2D eigenvalue weighted by Crippen LogP contribution is -2.26. The minimum Gasteiger partial charge on any atom is -0.492 e. The number of Topliss-reactive ketones (excluding diaryl/α,β-unsaturated/α-hetero) is 1. The van der Waals surface area contributed by atoms with E-state index in [-0.39, 0.29) is 30.4 Å². The molecule has 0 aliphatic rings. The Balaban J connectivity index is 1.40. The van der Waals surface area contributed by atoms with Gasteiger partial charge in [0.15, 0.2) is 10.9 Å². The van der Waals surface area contributed by atoms with Gasteiger partial charge in [0, 0.05) is 18.8 Å². The minimum atomic E-state index is -0.379. The molecule has 0 atom stereocenters. The topological polar surface area (TPSA) is 91.9 Å². The van der Waals surface area contributed by atoms with Crippen molar-refractivity contribution in [3.8, 4) is 10.9 Å². The van der Waals surface area contributed by atoms with E-state index in [1.54, 1.807) is 19.3 Å². The molecular formula is C22H20FN5O3S. The summed E-state index contributed by atoms with van der Waals surface area (Å²) in [7, 11) is 0. The summed E-state index contributed by atoms with van der Waals surface area (Å²) in [6.45, 7) is 2.16. The predicted molar refractivity (Wildman–Crippen MR) is 117 cm³/mol. The van der Waals surface area contributed by atoms with E-state index in [9.17, 15) is 14.0 Å². The molecule has 164 valence electrons. The fourth-order valence-corrected chi connectivity index (χ4v) is 4.06. The Morgan fingerprint density at radius 2 is 2.03 bits per heavy atom. The zero-order valence-corrected chi connectivity index (χ0v) is 18.1. The molecule has 4 rings (SSSR count). The molecule has 0 saturated carbocycles. The van der Waals surface area contributed by atoms with Gasteiger partial charge < -0.3 is 4.74 Å². The molecule has 3 aromatic heterocycles. The molecule has 0 aliphatic heterocycles. The Morgan fingerprint density at radius 3 is 2.78 bits per heavy atom. The number of nitrogens with zero attached hydrogens (tertiary/aromatic N) is 5. The molecule has 10 heteroatoms. The average Bonchev–Trinajstić information content (AvgIpc) is 3.36. The van der Waals surface area contributed by atoms with Gasteiger partial charge in [-0.3, -0.25) is 9.78 Å². The van der Waals surface area contributed by atoms with Crippen LogP contribution in [-0.4, -0.2) is 36.7 Å². The predicted octanol–water partition coefficient (Wildman–Crippen LogP) is 3.23. The average molecular weight is 453 g/mol. The number of carbonyl (C=O) groups is 1. The van der Waals surface area contributed by atoms with Gasteiger partial charge in [0.25, 0.3) is 0 Å². The second-order valence-electron chi connectivity index (χ2n) is 7.00. The van der Waals surface area contributed by atoms with Crippen molar-refractivity contribution in [2.24, 2.45) is 0 Å². The number of ketones is 1. The molecule has 0 amide bonds. The Bertz CT molecular complexity index is 1260. The van der Waals surface area contributed by atoms with Gasteiger partial charge >= 0.3 is 5.69 Å². The van der Waals surface area contributed by atoms with Gasteiger partial charge in [-0.1, -0.05) is 17.4 Å². The minimum absolute atomic E-state index is 0.0248. The molecule has 4 aromatic rings. The van der Waals surface area contributed by atoms with Crippen LogP contribution in [0.3, 0.4) is 0 Å². The monoisotopic (exact) mass is 453 g/mol. The van der Waals surface area contributed by atoms with E-state index >= 15 is 0 Å². The Kier molecular flexibility index (Phi) is 6.50. The molecule has 3 heterocycles. The van der Waals surface area contributed by atoms with E-state index < -0.39 is 0 Å². The second kappa shape index (κ2) is 9.65. The Morgan fingerprint density at radius 1 is 1.22 bits per heavy atom. The van der Waals surface area contributed by atoms with Crippen LogP contribution in [0, 0.1) is 12.7 Å². The molecule has 0 bridgehead atoms. The standard InChI is InChI=1S/C22H20FN5O3S/c1-15-20(19(29)9-4-16-3-2-10-24-13-16)32-21(26-15)27-14-25-28(22(27)30)11-12-31-18-7-5-17(23)6-8-18/h2-3,5-8,10,13-14H,4,9,11-12H2,1H3. The summed E-state index contributed by atoms with van der Waals surface area (Å²) in [6.07, 6.45) is 5.74. The van der Waals surface area contributed by atoms with E-state index in [1.807, 2.05) is 12.1 Å². The maximum Gasteiger partial charge on any atom is 0.352 e. The van der Waals surface area contributed by atoms with Crippen molar-refractivity contribution in [2.75, 3.05) is 6.61 Å². The van der Waals surface area contributed by atoms with Gasteiger partial charge in [-0.05, 0) is 49.2 Å². The number of thiazole rings is 1. The first-order valence-electron chi connectivity index (χ1n) is 9.94. The number of halogens is 1. The van der Waals surface area contributed by atoms with Crippen LogP contribution in [0.15, 0.2) is 59.9 Å². The number of ether oxygens (including phenoxy) is 1. The number of benzene rings is 1. The Labute approximate surface area is 187 Å². The number of rotatable bonds is 9. The molecular weight excluding hydrogens is 433 g/mol. The van der Waals surface area contributed by atoms with E-state index in [0.29, 0.717) is 34.3 Å². The summed E-state index contributed by atoms with van der Waals surface area (Å²) in [6, 6.07) is 9.40. The summed E-state index contributed by atoms with van der Waals surface area (Å²) in [5, 5.41) is 4.49. The number of aromatic nitrogens is 5. The zero-order valence-electron chi connectivity index (χ0n) is 17.3. The molecule has 1 aromatic carbocycles. The van der Waals surface area contributed by atoms with E-state index in [2.05, 4.69) is 15.1 Å². The van der Waals surface area contributed by atoms with Gasteiger partial charge in [-0.15, -0.1) is 0 Å². The van der Waals surface area contributed by atoms with Gasteiger partial charge in [0.1, 0.15) is 24.5 Å². The SMILES string of the molecule is Cc1nc(-n2cnn(CCOc3ccc(F)cc3)c2=O)sc1C(=O)CCc1cccnc1.